The van der Waals surface area contributed by atoms with Gasteiger partial charge in [0.05, 0.1) is 6.61 Å². The lowest BCUT2D eigenvalue weighted by molar-refractivity contribution is -0.146. The van der Waals surface area contributed by atoms with Gasteiger partial charge in [-0.2, -0.15) is 0 Å². The van der Waals surface area contributed by atoms with E-state index in [0.29, 0.717) is 12.8 Å². The highest BCUT2D eigenvalue weighted by atomic mass is 16.6. The fourth-order valence-electron chi connectivity index (χ4n) is 2.40. The predicted molar refractivity (Wildman–Crippen MR) is 82.0 cm³/mol. The summed E-state index contributed by atoms with van der Waals surface area (Å²) in [5.74, 6) is -0.618. The van der Waals surface area contributed by atoms with E-state index in [4.69, 9.17) is 15.6 Å². The first kappa shape index (κ1) is 18.8. The molecule has 1 aliphatic rings. The highest BCUT2D eigenvalue weighted by Crippen LogP contribution is 2.26. The lowest BCUT2D eigenvalue weighted by atomic mass is 9.93. The van der Waals surface area contributed by atoms with Crippen molar-refractivity contribution in [3.8, 4) is 0 Å². The maximum absolute atomic E-state index is 11.6. The van der Waals surface area contributed by atoms with E-state index < -0.39 is 30.3 Å². The van der Waals surface area contributed by atoms with Crippen molar-refractivity contribution in [2.24, 2.45) is 5.73 Å². The minimum absolute atomic E-state index is 0.180. The van der Waals surface area contributed by atoms with Crippen molar-refractivity contribution < 1.29 is 24.5 Å². The number of unbranched alkanes of at least 4 members (excludes halogenated alkanes) is 3. The summed E-state index contributed by atoms with van der Waals surface area (Å²) in [4.78, 5) is 23.1. The zero-order valence-electron chi connectivity index (χ0n) is 13.2. The van der Waals surface area contributed by atoms with Crippen LogP contribution in [0.2, 0.25) is 0 Å². The van der Waals surface area contributed by atoms with E-state index in [1.54, 1.807) is 12.2 Å². The Hall–Kier alpha value is -1.24. The Morgan fingerprint density at radius 3 is 2.68 bits per heavy atom. The number of esters is 1. The number of ketones is 1. The summed E-state index contributed by atoms with van der Waals surface area (Å²) in [7, 11) is 0. The molecule has 1 heterocycles. The van der Waals surface area contributed by atoms with E-state index >= 15 is 0 Å². The SMILES string of the molecule is CCCCCCC(=O)C/C=C/C[C@@H]1OC(=O)[C@@](N)(CO)[C@@H]1O. The molecular weight excluding hydrogens is 286 g/mol. The van der Waals surface area contributed by atoms with Crippen molar-refractivity contribution in [2.45, 2.75) is 69.6 Å². The van der Waals surface area contributed by atoms with Crippen LogP contribution < -0.4 is 5.73 Å². The number of Topliss-reactive ketones (excluding diaryl/α,β-unsaturated/α-hetero) is 1. The summed E-state index contributed by atoms with van der Waals surface area (Å²) in [6, 6.07) is 0. The zero-order chi connectivity index (χ0) is 16.6. The van der Waals surface area contributed by atoms with Crippen molar-refractivity contribution in [1.29, 1.82) is 0 Å². The number of carbonyl (C=O) groups is 2. The first-order valence-electron chi connectivity index (χ1n) is 7.91. The summed E-state index contributed by atoms with van der Waals surface area (Å²) in [6.07, 6.45) is 6.90. The average Bonchev–Trinajstić information content (AvgIpc) is 2.72. The summed E-state index contributed by atoms with van der Waals surface area (Å²) >= 11 is 0. The molecule has 0 aromatic carbocycles. The number of hydrogen-bond donors (Lipinski definition) is 3. The van der Waals surface area contributed by atoms with Crippen LogP contribution in [0.1, 0.15) is 51.9 Å². The monoisotopic (exact) mass is 313 g/mol. The molecule has 22 heavy (non-hydrogen) atoms. The number of hydrogen-bond acceptors (Lipinski definition) is 6. The number of rotatable bonds is 10. The van der Waals surface area contributed by atoms with Crippen LogP contribution in [0.25, 0.3) is 0 Å². The third-order valence-corrected chi connectivity index (χ3v) is 3.97. The van der Waals surface area contributed by atoms with E-state index in [2.05, 4.69) is 6.92 Å². The molecule has 3 atom stereocenters. The van der Waals surface area contributed by atoms with Gasteiger partial charge in [0.15, 0.2) is 5.54 Å². The molecule has 0 saturated carbocycles. The second kappa shape index (κ2) is 9.02. The van der Waals surface area contributed by atoms with Gasteiger partial charge in [0.1, 0.15) is 18.0 Å². The fourth-order valence-corrected chi connectivity index (χ4v) is 2.40. The fraction of sp³-hybridized carbons (Fsp3) is 0.750. The normalized spacial score (nSPS) is 28.3. The van der Waals surface area contributed by atoms with Crippen LogP contribution in [0.3, 0.4) is 0 Å². The van der Waals surface area contributed by atoms with Crippen molar-refractivity contribution in [3.05, 3.63) is 12.2 Å². The molecule has 0 aromatic heterocycles. The summed E-state index contributed by atoms with van der Waals surface area (Å²) in [5.41, 5.74) is 3.87. The molecule has 0 unspecified atom stereocenters. The zero-order valence-corrected chi connectivity index (χ0v) is 13.2. The number of nitrogens with two attached hydrogens (primary N) is 1. The highest BCUT2D eigenvalue weighted by molar-refractivity contribution is 5.84. The van der Waals surface area contributed by atoms with E-state index in [1.165, 1.54) is 0 Å². The highest BCUT2D eigenvalue weighted by Gasteiger charge is 2.53. The minimum Gasteiger partial charge on any atom is -0.458 e. The Morgan fingerprint density at radius 1 is 1.36 bits per heavy atom. The molecule has 1 fully saturated rings. The second-order valence-corrected chi connectivity index (χ2v) is 5.85. The van der Waals surface area contributed by atoms with Gasteiger partial charge < -0.3 is 20.7 Å². The average molecular weight is 313 g/mol. The summed E-state index contributed by atoms with van der Waals surface area (Å²) < 4.78 is 4.97. The van der Waals surface area contributed by atoms with Crippen molar-refractivity contribution in [2.75, 3.05) is 6.61 Å². The van der Waals surface area contributed by atoms with Gasteiger partial charge in [0.25, 0.3) is 0 Å². The smallest absolute Gasteiger partial charge is 0.331 e. The van der Waals surface area contributed by atoms with Gasteiger partial charge in [-0.1, -0.05) is 38.3 Å². The van der Waals surface area contributed by atoms with Crippen LogP contribution in [0.5, 0.6) is 0 Å². The van der Waals surface area contributed by atoms with Crippen LogP contribution >= 0.6 is 0 Å². The quantitative estimate of drug-likeness (QED) is 0.313. The number of cyclic esters (lactones) is 1. The maximum atomic E-state index is 11.6. The topological polar surface area (TPSA) is 110 Å². The standard InChI is InChI=1S/C16H27NO5/c1-2-3-4-5-8-12(19)9-6-7-10-13-14(20)16(17,11-18)15(21)22-13/h6-7,13-14,18,20H,2-5,8-11,17H2,1H3/b7-6+/t13-,14+,16+/m0/s1. The van der Waals surface area contributed by atoms with Gasteiger partial charge >= 0.3 is 5.97 Å². The van der Waals surface area contributed by atoms with Crippen LogP contribution in [0.4, 0.5) is 0 Å². The van der Waals surface area contributed by atoms with Crippen molar-refractivity contribution >= 4 is 11.8 Å². The Labute approximate surface area is 131 Å². The maximum Gasteiger partial charge on any atom is 0.331 e. The van der Waals surface area contributed by atoms with E-state index in [1.807, 2.05) is 0 Å². The van der Waals surface area contributed by atoms with Crippen LogP contribution in [0.15, 0.2) is 12.2 Å². The molecule has 0 aliphatic carbocycles. The molecule has 1 rings (SSSR count). The predicted octanol–water partition coefficient (Wildman–Crippen LogP) is 0.838. The Bertz CT molecular complexity index is 409. The molecule has 0 bridgehead atoms. The number of carbonyl (C=O) groups excluding carboxylic acids is 2. The number of allylic oxidation sites excluding steroid dienone is 1. The molecule has 0 radical (unpaired) electrons. The van der Waals surface area contributed by atoms with Gasteiger partial charge in [-0.3, -0.25) is 4.79 Å². The largest absolute Gasteiger partial charge is 0.458 e. The summed E-state index contributed by atoms with van der Waals surface area (Å²) in [6.45, 7) is 1.46. The molecule has 1 aliphatic heterocycles. The molecule has 4 N–H and O–H groups in total. The third-order valence-electron chi connectivity index (χ3n) is 3.97. The first-order chi connectivity index (χ1) is 10.5. The van der Waals surface area contributed by atoms with Gasteiger partial charge in [0.2, 0.25) is 0 Å². The molecule has 1 saturated heterocycles. The Kier molecular flexibility index (Phi) is 7.72. The number of aliphatic hydroxyl groups is 2. The molecule has 0 spiro atoms. The molecule has 6 heteroatoms. The Morgan fingerprint density at radius 2 is 2.09 bits per heavy atom. The molecule has 126 valence electrons. The van der Waals surface area contributed by atoms with Crippen molar-refractivity contribution in [1.82, 2.24) is 0 Å². The van der Waals surface area contributed by atoms with Gasteiger partial charge in [-0.05, 0) is 6.42 Å². The second-order valence-electron chi connectivity index (χ2n) is 5.85. The first-order valence-corrected chi connectivity index (χ1v) is 7.91. The lowest BCUT2D eigenvalue weighted by Gasteiger charge is -2.21. The van der Waals surface area contributed by atoms with E-state index in [-0.39, 0.29) is 12.2 Å². The van der Waals surface area contributed by atoms with Crippen molar-refractivity contribution in [3.63, 3.8) is 0 Å². The third kappa shape index (κ3) is 4.90. The molecule has 0 amide bonds. The van der Waals surface area contributed by atoms with Gasteiger partial charge in [-0.25, -0.2) is 4.79 Å². The molecule has 6 nitrogen and oxygen atoms in total. The van der Waals surface area contributed by atoms with Gasteiger partial charge in [0, 0.05) is 19.3 Å². The van der Waals surface area contributed by atoms with Crippen LogP contribution in [-0.4, -0.2) is 46.3 Å². The molecular formula is C16H27NO5. The summed E-state index contributed by atoms with van der Waals surface area (Å²) in [5, 5.41) is 19.0. The van der Waals surface area contributed by atoms with E-state index in [0.717, 1.165) is 25.7 Å². The number of ether oxygens (including phenoxy) is 1. The Balaban J connectivity index is 2.29. The molecule has 0 aromatic rings. The van der Waals surface area contributed by atoms with E-state index in [9.17, 15) is 14.7 Å². The lowest BCUT2D eigenvalue weighted by Crippen LogP contribution is -2.57. The van der Waals surface area contributed by atoms with Crippen LogP contribution in [-0.2, 0) is 14.3 Å². The van der Waals surface area contributed by atoms with Crippen LogP contribution in [0, 0.1) is 0 Å². The minimum atomic E-state index is -1.74. The van der Waals surface area contributed by atoms with Gasteiger partial charge in [-0.15, -0.1) is 0 Å². The number of aliphatic hydroxyl groups excluding tert-OH is 2.